The van der Waals surface area contributed by atoms with E-state index in [1.165, 1.54) is 0 Å². The van der Waals surface area contributed by atoms with Crippen LogP contribution in [0.4, 0.5) is 64.1 Å². The van der Waals surface area contributed by atoms with Crippen molar-refractivity contribution in [2.24, 2.45) is 0 Å². The molecule has 1 N–H and O–H groups in total. The number of pyridine rings is 1. The zero-order valence-corrected chi connectivity index (χ0v) is 23.1. The van der Waals surface area contributed by atoms with Crippen molar-refractivity contribution in [3.05, 3.63) is 97.7 Å². The lowest BCUT2D eigenvalue weighted by Gasteiger charge is -2.31. The lowest BCUT2D eigenvalue weighted by molar-refractivity contribution is -0.348. The number of aromatic nitrogens is 1. The lowest BCUT2D eigenvalue weighted by atomic mass is 9.92. The van der Waals surface area contributed by atoms with Crippen LogP contribution in [0.2, 0.25) is 0 Å². The average molecular weight is 754 g/mol. The molecule has 0 aliphatic heterocycles. The molecule has 0 aliphatic carbocycles. The van der Waals surface area contributed by atoms with Crippen LogP contribution in [0.3, 0.4) is 0 Å². The van der Waals surface area contributed by atoms with Crippen LogP contribution in [0, 0.1) is 21.9 Å². The summed E-state index contributed by atoms with van der Waals surface area (Å²) in [4.78, 5) is 32.4. The Hall–Kier alpha value is -4.09. The molecule has 0 atom stereocenters. The van der Waals surface area contributed by atoms with Crippen LogP contribution in [0.1, 0.15) is 31.8 Å². The van der Waals surface area contributed by atoms with Gasteiger partial charge in [0, 0.05) is 15.3 Å². The van der Waals surface area contributed by atoms with E-state index in [-0.39, 0.29) is 11.6 Å². The Morgan fingerprint density at radius 1 is 0.932 bits per heavy atom. The zero-order chi connectivity index (χ0) is 33.4. The fraction of sp³-hybridized carbons (Fsp3) is 0.200. The first-order chi connectivity index (χ1) is 20.1. The number of carbonyl (C=O) groups is 2. The van der Waals surface area contributed by atoms with Crippen LogP contribution >= 0.6 is 22.6 Å². The predicted molar refractivity (Wildman–Crippen MR) is 136 cm³/mol. The molecule has 6 nitrogen and oxygen atoms in total. The number of rotatable bonds is 6. The minimum Gasteiger partial charge on any atom is -0.320 e. The molecule has 19 heteroatoms. The molecule has 2 aromatic carbocycles. The Balaban J connectivity index is 2.12. The smallest absolute Gasteiger partial charge is 0.320 e. The van der Waals surface area contributed by atoms with Crippen LogP contribution in [-0.2, 0) is 11.8 Å². The molecule has 0 radical (unpaired) electrons. The van der Waals surface area contributed by atoms with Crippen LogP contribution in [0.25, 0.3) is 4.85 Å². The average Bonchev–Trinajstić information content (AvgIpc) is 2.90. The van der Waals surface area contributed by atoms with Crippen LogP contribution in [0.15, 0.2) is 48.7 Å². The molecule has 0 saturated carbocycles. The summed E-state index contributed by atoms with van der Waals surface area (Å²) < 4.78 is 163. The molecule has 44 heavy (non-hydrogen) atoms. The molecular weight excluding hydrogens is 743 g/mol. The number of anilines is 2. The van der Waals surface area contributed by atoms with E-state index in [4.69, 9.17) is 6.57 Å². The Bertz CT molecular complexity index is 1620. The van der Waals surface area contributed by atoms with Gasteiger partial charge in [-0.3, -0.25) is 14.4 Å². The molecule has 234 valence electrons. The highest BCUT2D eigenvalue weighted by atomic mass is 127. The molecule has 0 saturated heterocycles. The van der Waals surface area contributed by atoms with E-state index in [0.717, 1.165) is 53.1 Å². The van der Waals surface area contributed by atoms with E-state index in [1.54, 1.807) is 5.32 Å². The zero-order valence-electron chi connectivity index (χ0n) is 20.9. The van der Waals surface area contributed by atoms with Gasteiger partial charge in [-0.1, -0.05) is 6.07 Å². The van der Waals surface area contributed by atoms with E-state index < -0.39 is 92.1 Å². The minimum absolute atomic E-state index is 0.216. The van der Waals surface area contributed by atoms with Gasteiger partial charge in [0.1, 0.15) is 0 Å². The number of alkyl halides is 10. The highest BCUT2D eigenvalue weighted by molar-refractivity contribution is 14.1. The van der Waals surface area contributed by atoms with Crippen molar-refractivity contribution in [2.45, 2.75) is 24.2 Å². The van der Waals surface area contributed by atoms with Crippen molar-refractivity contribution in [2.75, 3.05) is 16.9 Å². The van der Waals surface area contributed by atoms with Crippen molar-refractivity contribution in [1.29, 1.82) is 0 Å². The van der Waals surface area contributed by atoms with Gasteiger partial charge < -0.3 is 5.32 Å². The number of nitrogens with one attached hydrogen (secondary N) is 1. The number of hydrogen-bond donors (Lipinski definition) is 1. The Morgan fingerprint density at radius 3 is 2.05 bits per heavy atom. The summed E-state index contributed by atoms with van der Waals surface area (Å²) in [5, 5.41) is 1.56. The highest BCUT2D eigenvalue weighted by Crippen LogP contribution is 2.54. The SMILES string of the molecule is [C-]#[N+]CN(C(=O)c1ccc(F)nc1)c1cccc(C(=O)Nc2c(I)cc(C(F)(C(F)(F)F)C(F)(F)F)cc2C(F)(F)F)c1F. The molecule has 1 heterocycles. The first-order valence-electron chi connectivity index (χ1n) is 11.2. The Kier molecular flexibility index (Phi) is 9.48. The van der Waals surface area contributed by atoms with Crippen molar-refractivity contribution in [1.82, 2.24) is 4.98 Å². The second-order valence-electron chi connectivity index (χ2n) is 8.53. The first-order valence-corrected chi connectivity index (χ1v) is 12.3. The summed E-state index contributed by atoms with van der Waals surface area (Å²) >= 11 is 0.826. The van der Waals surface area contributed by atoms with Crippen molar-refractivity contribution in [3.8, 4) is 0 Å². The summed E-state index contributed by atoms with van der Waals surface area (Å²) in [5.74, 6) is -5.41. The first kappa shape index (κ1) is 34.4. The highest BCUT2D eigenvalue weighted by Gasteiger charge is 2.73. The van der Waals surface area contributed by atoms with Gasteiger partial charge in [0.25, 0.3) is 18.5 Å². The third-order valence-corrected chi connectivity index (χ3v) is 6.61. The number of carbonyl (C=O) groups excluding carboxylic acids is 2. The normalized spacial score (nSPS) is 12.5. The van der Waals surface area contributed by atoms with Crippen molar-refractivity contribution >= 4 is 45.8 Å². The van der Waals surface area contributed by atoms with E-state index >= 15 is 4.39 Å². The molecule has 3 aromatic rings. The maximum atomic E-state index is 15.5. The third-order valence-electron chi connectivity index (χ3n) is 5.76. The van der Waals surface area contributed by atoms with E-state index in [9.17, 15) is 57.9 Å². The van der Waals surface area contributed by atoms with E-state index in [0.29, 0.717) is 11.0 Å². The standard InChI is InChI=1S/C25H11F12IN4O2/c1-39-10-42(21(44)11-5-6-17(26)40-9-11)16-4-2-3-13(18(16)27)20(43)41-19-14(23(29,30)31)7-12(8-15(19)38)22(28,24(32,33)34)25(35,36)37/h2-9H,10H2,(H,41,43). The van der Waals surface area contributed by atoms with Gasteiger partial charge in [-0.2, -0.15) is 43.9 Å². The summed E-state index contributed by atoms with van der Waals surface area (Å²) in [5.41, 5.74) is -14.7. The molecule has 2 amide bonds. The largest absolute Gasteiger partial charge is 0.435 e. The molecule has 0 fully saturated rings. The maximum Gasteiger partial charge on any atom is 0.435 e. The van der Waals surface area contributed by atoms with Gasteiger partial charge in [-0.25, -0.2) is 25.2 Å². The topological polar surface area (TPSA) is 66.7 Å². The summed E-state index contributed by atoms with van der Waals surface area (Å²) in [6.45, 7) is 6.18. The van der Waals surface area contributed by atoms with Crippen LogP contribution in [0.5, 0.6) is 0 Å². The number of amides is 2. The second-order valence-corrected chi connectivity index (χ2v) is 9.69. The molecular formula is C25H11F12IN4O2. The van der Waals surface area contributed by atoms with Crippen molar-refractivity contribution < 1.29 is 62.3 Å². The Labute approximate surface area is 251 Å². The fourth-order valence-electron chi connectivity index (χ4n) is 3.71. The van der Waals surface area contributed by atoms with Crippen LogP contribution < -0.4 is 10.2 Å². The Morgan fingerprint density at radius 2 is 1.55 bits per heavy atom. The number of nitrogens with zero attached hydrogens (tertiary/aromatic N) is 3. The van der Waals surface area contributed by atoms with Gasteiger partial charge in [-0.15, -0.1) is 0 Å². The van der Waals surface area contributed by atoms with Crippen molar-refractivity contribution in [3.63, 3.8) is 0 Å². The maximum absolute atomic E-state index is 15.5. The molecule has 1 aromatic heterocycles. The van der Waals surface area contributed by atoms with Crippen LogP contribution in [-0.4, -0.2) is 35.8 Å². The van der Waals surface area contributed by atoms with E-state index in [2.05, 4.69) is 9.83 Å². The van der Waals surface area contributed by atoms with Gasteiger partial charge in [0.05, 0.1) is 28.1 Å². The molecule has 3 rings (SSSR count). The number of halogens is 13. The summed E-state index contributed by atoms with van der Waals surface area (Å²) in [7, 11) is 0. The van der Waals surface area contributed by atoms with E-state index in [1.807, 2.05) is 0 Å². The second kappa shape index (κ2) is 12.1. The van der Waals surface area contributed by atoms with Gasteiger partial charge >= 0.3 is 24.2 Å². The third kappa shape index (κ3) is 6.53. The predicted octanol–water partition coefficient (Wildman–Crippen LogP) is 8.05. The molecule has 0 bridgehead atoms. The summed E-state index contributed by atoms with van der Waals surface area (Å²) in [6, 6.07) is 3.23. The molecule has 0 spiro atoms. The monoisotopic (exact) mass is 754 g/mol. The number of hydrogen-bond acceptors (Lipinski definition) is 3. The fourth-order valence-corrected chi connectivity index (χ4v) is 4.47. The van der Waals surface area contributed by atoms with Gasteiger partial charge in [0.15, 0.2) is 5.82 Å². The quantitative estimate of drug-likeness (QED) is 0.120. The molecule has 0 aliphatic rings. The minimum atomic E-state index is -6.75. The summed E-state index contributed by atoms with van der Waals surface area (Å²) in [6.07, 6.45) is -18.5. The van der Waals surface area contributed by atoms with Gasteiger partial charge in [-0.05, 0) is 59.0 Å². The number of benzene rings is 2. The van der Waals surface area contributed by atoms with Gasteiger partial charge in [0.2, 0.25) is 5.95 Å². The molecule has 0 unspecified atom stereocenters. The lowest BCUT2D eigenvalue weighted by Crippen LogP contribution is -2.50.